The summed E-state index contributed by atoms with van der Waals surface area (Å²) in [6, 6.07) is 9.16. The fraction of sp³-hybridized carbons (Fsp3) is 0.750. The zero-order valence-electron chi connectivity index (χ0n) is 17.4. The van der Waals surface area contributed by atoms with Crippen LogP contribution in [0.4, 0.5) is 0 Å². The quantitative estimate of drug-likeness (QED) is 0.635. The van der Waals surface area contributed by atoms with Gasteiger partial charge in [-0.25, -0.2) is 0 Å². The fourth-order valence-corrected chi connectivity index (χ4v) is 5.07. The molecule has 2 aliphatic rings. The van der Waals surface area contributed by atoms with Gasteiger partial charge < -0.3 is 15.4 Å². The first-order valence-corrected chi connectivity index (χ1v) is 11.4. The lowest BCUT2D eigenvalue weighted by Gasteiger charge is -2.30. The number of nitrogens with two attached hydrogens (primary N) is 1. The van der Waals surface area contributed by atoms with E-state index in [2.05, 4.69) is 29.2 Å². The Kier molecular flexibility index (Phi) is 8.47. The van der Waals surface area contributed by atoms with Gasteiger partial charge in [-0.1, -0.05) is 37.8 Å². The predicted molar refractivity (Wildman–Crippen MR) is 114 cm³/mol. The largest absolute Gasteiger partial charge is 0.497 e. The van der Waals surface area contributed by atoms with E-state index >= 15 is 0 Å². The second-order valence-electron chi connectivity index (χ2n) is 8.80. The van der Waals surface area contributed by atoms with Crippen LogP contribution in [0.15, 0.2) is 24.3 Å². The van der Waals surface area contributed by atoms with E-state index in [1.807, 2.05) is 0 Å². The molecule has 0 spiro atoms. The number of methoxy groups -OCH3 is 1. The summed E-state index contributed by atoms with van der Waals surface area (Å²) >= 11 is 0. The van der Waals surface area contributed by atoms with Crippen LogP contribution in [0.2, 0.25) is 0 Å². The maximum absolute atomic E-state index is 6.63. The molecule has 2 unspecified atom stereocenters. The Hall–Kier alpha value is -1.06. The van der Waals surface area contributed by atoms with Crippen molar-refractivity contribution in [3.05, 3.63) is 29.8 Å². The summed E-state index contributed by atoms with van der Waals surface area (Å²) in [7, 11) is 1.74. The van der Waals surface area contributed by atoms with Gasteiger partial charge in [-0.2, -0.15) is 0 Å². The molecule has 1 aromatic carbocycles. The van der Waals surface area contributed by atoms with Crippen molar-refractivity contribution in [2.24, 2.45) is 11.7 Å². The first kappa shape index (κ1) is 20.7. The van der Waals surface area contributed by atoms with Crippen LogP contribution in [0.25, 0.3) is 0 Å². The van der Waals surface area contributed by atoms with Crippen molar-refractivity contribution in [3.63, 3.8) is 0 Å². The molecule has 3 rings (SSSR count). The Labute approximate surface area is 166 Å². The number of piperidine rings is 1. The summed E-state index contributed by atoms with van der Waals surface area (Å²) in [6.45, 7) is 3.81. The highest BCUT2D eigenvalue weighted by molar-refractivity contribution is 5.29. The second kappa shape index (κ2) is 11.1. The van der Waals surface area contributed by atoms with Crippen molar-refractivity contribution in [2.75, 3.05) is 26.7 Å². The summed E-state index contributed by atoms with van der Waals surface area (Å²) in [5.41, 5.74) is 8.09. The van der Waals surface area contributed by atoms with Crippen molar-refractivity contribution < 1.29 is 4.74 Å². The van der Waals surface area contributed by atoms with Crippen LogP contribution in [0.1, 0.15) is 82.1 Å². The Morgan fingerprint density at radius 1 is 0.926 bits per heavy atom. The normalized spacial score (nSPS) is 21.7. The van der Waals surface area contributed by atoms with E-state index in [1.165, 1.54) is 95.8 Å². The Bertz CT molecular complexity index is 518. The average Bonchev–Trinajstić information content (AvgIpc) is 2.75. The Balaban J connectivity index is 1.57. The Morgan fingerprint density at radius 2 is 1.59 bits per heavy atom. The average molecular weight is 373 g/mol. The number of benzene rings is 1. The molecule has 0 bridgehead atoms. The molecular weight excluding hydrogens is 332 g/mol. The molecule has 1 saturated carbocycles. The lowest BCUT2D eigenvalue weighted by molar-refractivity contribution is 0.217. The molecule has 2 N–H and O–H groups in total. The highest BCUT2D eigenvalue weighted by atomic mass is 16.5. The number of rotatable bonds is 9. The maximum Gasteiger partial charge on any atom is 0.118 e. The molecule has 152 valence electrons. The van der Waals surface area contributed by atoms with Crippen LogP contribution >= 0.6 is 0 Å². The Morgan fingerprint density at radius 3 is 2.26 bits per heavy atom. The topological polar surface area (TPSA) is 38.5 Å². The third kappa shape index (κ3) is 6.50. The molecule has 3 heteroatoms. The summed E-state index contributed by atoms with van der Waals surface area (Å²) in [5, 5.41) is 0. The molecule has 2 fully saturated rings. The minimum atomic E-state index is 0.390. The highest BCUT2D eigenvalue weighted by Crippen LogP contribution is 2.32. The molecule has 1 saturated heterocycles. The third-order valence-corrected chi connectivity index (χ3v) is 6.93. The van der Waals surface area contributed by atoms with E-state index in [4.69, 9.17) is 10.5 Å². The van der Waals surface area contributed by atoms with Crippen LogP contribution in [0.5, 0.6) is 5.75 Å². The van der Waals surface area contributed by atoms with Crippen molar-refractivity contribution in [1.29, 1.82) is 0 Å². The molecule has 1 aliphatic carbocycles. The van der Waals surface area contributed by atoms with E-state index in [0.717, 1.165) is 11.7 Å². The van der Waals surface area contributed by atoms with Gasteiger partial charge in [0.2, 0.25) is 0 Å². The van der Waals surface area contributed by atoms with Crippen LogP contribution in [-0.2, 0) is 0 Å². The summed E-state index contributed by atoms with van der Waals surface area (Å²) in [6.07, 6.45) is 14.7. The second-order valence-corrected chi connectivity index (χ2v) is 8.80. The molecule has 1 heterocycles. The van der Waals surface area contributed by atoms with Gasteiger partial charge in [-0.15, -0.1) is 0 Å². The summed E-state index contributed by atoms with van der Waals surface area (Å²) in [5.74, 6) is 2.33. The van der Waals surface area contributed by atoms with Crippen LogP contribution in [-0.4, -0.2) is 37.7 Å². The number of hydrogen-bond donors (Lipinski definition) is 1. The van der Waals surface area contributed by atoms with Crippen molar-refractivity contribution in [2.45, 2.75) is 82.6 Å². The predicted octanol–water partition coefficient (Wildman–Crippen LogP) is 5.34. The van der Waals surface area contributed by atoms with Crippen LogP contribution in [0, 0.1) is 5.92 Å². The van der Waals surface area contributed by atoms with Gasteiger partial charge in [-0.3, -0.25) is 0 Å². The minimum Gasteiger partial charge on any atom is -0.497 e. The van der Waals surface area contributed by atoms with Gasteiger partial charge >= 0.3 is 0 Å². The van der Waals surface area contributed by atoms with Gasteiger partial charge in [0.15, 0.2) is 0 Å². The zero-order chi connectivity index (χ0) is 18.9. The molecule has 1 aromatic rings. The summed E-state index contributed by atoms with van der Waals surface area (Å²) < 4.78 is 5.35. The minimum absolute atomic E-state index is 0.390. The number of ether oxygens (including phenoxy) is 1. The smallest absolute Gasteiger partial charge is 0.118 e. The fourth-order valence-electron chi connectivity index (χ4n) is 5.07. The molecule has 1 aliphatic heterocycles. The maximum atomic E-state index is 6.63. The lowest BCUT2D eigenvalue weighted by Crippen LogP contribution is -2.33. The van der Waals surface area contributed by atoms with E-state index < -0.39 is 0 Å². The number of hydrogen-bond acceptors (Lipinski definition) is 3. The van der Waals surface area contributed by atoms with Crippen molar-refractivity contribution in [1.82, 2.24) is 4.90 Å². The van der Waals surface area contributed by atoms with Crippen molar-refractivity contribution >= 4 is 0 Å². The first-order valence-electron chi connectivity index (χ1n) is 11.4. The monoisotopic (exact) mass is 372 g/mol. The summed E-state index contributed by atoms with van der Waals surface area (Å²) in [4.78, 5) is 2.67. The number of likely N-dealkylation sites (tertiary alicyclic amines) is 1. The van der Waals surface area contributed by atoms with E-state index in [0.29, 0.717) is 12.0 Å². The molecule has 2 atom stereocenters. The van der Waals surface area contributed by atoms with Crippen LogP contribution in [0.3, 0.4) is 0 Å². The first-order chi connectivity index (χ1) is 13.3. The molecule has 27 heavy (non-hydrogen) atoms. The third-order valence-electron chi connectivity index (χ3n) is 6.93. The van der Waals surface area contributed by atoms with Gasteiger partial charge in [-0.05, 0) is 94.1 Å². The number of nitrogens with zero attached hydrogens (tertiary/aromatic N) is 1. The van der Waals surface area contributed by atoms with E-state index in [-0.39, 0.29) is 0 Å². The highest BCUT2D eigenvalue weighted by Gasteiger charge is 2.22. The SMILES string of the molecule is COc1ccc(C(CCC(N)C2CCCCC2)CCN2CCCCC2)cc1. The zero-order valence-corrected chi connectivity index (χ0v) is 17.4. The lowest BCUT2D eigenvalue weighted by atomic mass is 9.80. The molecule has 0 amide bonds. The van der Waals surface area contributed by atoms with E-state index in [9.17, 15) is 0 Å². The van der Waals surface area contributed by atoms with Gasteiger partial charge in [0.1, 0.15) is 5.75 Å². The van der Waals surface area contributed by atoms with Gasteiger partial charge in [0, 0.05) is 6.04 Å². The van der Waals surface area contributed by atoms with Gasteiger partial charge in [0.05, 0.1) is 7.11 Å². The van der Waals surface area contributed by atoms with Gasteiger partial charge in [0.25, 0.3) is 0 Å². The molecule has 0 radical (unpaired) electrons. The standard InChI is InChI=1S/C24H40N2O/c1-27-23-13-10-20(11-14-23)21(16-19-26-17-6-3-7-18-26)12-15-24(25)22-8-4-2-5-9-22/h10-11,13-14,21-22,24H,2-9,12,15-19,25H2,1H3. The van der Waals surface area contributed by atoms with Crippen molar-refractivity contribution in [3.8, 4) is 5.75 Å². The van der Waals surface area contributed by atoms with Crippen LogP contribution < -0.4 is 10.5 Å². The molecular formula is C24H40N2O. The van der Waals surface area contributed by atoms with E-state index in [1.54, 1.807) is 7.11 Å². The molecule has 3 nitrogen and oxygen atoms in total. The molecule has 0 aromatic heterocycles.